The molecule has 17 heteroatoms. The van der Waals surface area contributed by atoms with Crippen LogP contribution in [0, 0.1) is 11.8 Å². The van der Waals surface area contributed by atoms with Crippen molar-refractivity contribution >= 4 is 64.4 Å². The second-order valence-electron chi connectivity index (χ2n) is 17.5. The van der Waals surface area contributed by atoms with Gasteiger partial charge in [0, 0.05) is 68.0 Å². The van der Waals surface area contributed by atoms with Crippen molar-refractivity contribution in [3.05, 3.63) is 106 Å². The van der Waals surface area contributed by atoms with Crippen molar-refractivity contribution < 1.29 is 28.7 Å². The number of amides is 6. The zero-order valence-electron chi connectivity index (χ0n) is 37.5. The van der Waals surface area contributed by atoms with Crippen LogP contribution >= 0.6 is 11.6 Å². The molecule has 1 aliphatic carbocycles. The third-order valence-corrected chi connectivity index (χ3v) is 13.2. The predicted octanol–water partition coefficient (Wildman–Crippen LogP) is 6.51. The Morgan fingerprint density at radius 3 is 2.45 bits per heavy atom. The number of rotatable bonds is 16. The van der Waals surface area contributed by atoms with E-state index in [0.717, 1.165) is 74.7 Å². The molecule has 3 aromatic carbocycles. The SMILES string of the molecule is NC(=O)c1ccccc1Nc1nc(Nc2ccc(C3CCN(C(=O)NC4CCC(NCCCCOCCC#Cc5ccc6c(c5)CN(C5CCC(=O)NC5=O)C6=O)CC4)CC3)cc2)ncc1Cl. The molecule has 1 atom stereocenters. The summed E-state index contributed by atoms with van der Waals surface area (Å²) in [5.41, 5.74) is 10.6. The number of imide groups is 1. The van der Waals surface area contributed by atoms with E-state index >= 15 is 0 Å². The van der Waals surface area contributed by atoms with Gasteiger partial charge in [-0.1, -0.05) is 47.7 Å². The van der Waals surface area contributed by atoms with Gasteiger partial charge in [0.2, 0.25) is 17.8 Å². The van der Waals surface area contributed by atoms with Gasteiger partial charge < -0.3 is 41.5 Å². The van der Waals surface area contributed by atoms with Gasteiger partial charge in [0.25, 0.3) is 11.8 Å². The molecule has 1 aromatic heterocycles. The number of primary amides is 1. The zero-order valence-corrected chi connectivity index (χ0v) is 38.2. The van der Waals surface area contributed by atoms with Gasteiger partial charge >= 0.3 is 6.03 Å². The molecular formula is C50H57ClN10O6. The average molecular weight is 930 g/mol. The highest BCUT2D eigenvalue weighted by atomic mass is 35.5. The van der Waals surface area contributed by atoms with E-state index in [1.54, 1.807) is 35.2 Å². The summed E-state index contributed by atoms with van der Waals surface area (Å²) in [4.78, 5) is 74.2. The molecule has 1 unspecified atom stereocenters. The van der Waals surface area contributed by atoms with E-state index < -0.39 is 17.9 Å². The van der Waals surface area contributed by atoms with Crippen molar-refractivity contribution in [3.8, 4) is 11.8 Å². The summed E-state index contributed by atoms with van der Waals surface area (Å²) in [5.74, 6) is 5.91. The van der Waals surface area contributed by atoms with Gasteiger partial charge in [-0.05, 0) is 124 Å². The van der Waals surface area contributed by atoms with Crippen molar-refractivity contribution in [2.24, 2.45) is 5.73 Å². The number of aromatic nitrogens is 2. The van der Waals surface area contributed by atoms with Crippen LogP contribution in [0.4, 0.5) is 27.9 Å². The summed E-state index contributed by atoms with van der Waals surface area (Å²) >= 11 is 6.36. The second kappa shape index (κ2) is 22.3. The molecule has 4 heterocycles. The fraction of sp³-hybridized carbons (Fsp3) is 0.420. The maximum atomic E-state index is 13.2. The number of para-hydroxylation sites is 1. The first-order chi connectivity index (χ1) is 32.6. The number of urea groups is 1. The minimum Gasteiger partial charge on any atom is -0.380 e. The highest BCUT2D eigenvalue weighted by Crippen LogP contribution is 2.32. The Morgan fingerprint density at radius 2 is 1.67 bits per heavy atom. The van der Waals surface area contributed by atoms with E-state index in [4.69, 9.17) is 22.1 Å². The van der Waals surface area contributed by atoms with Crippen LogP contribution in [0.15, 0.2) is 72.9 Å². The smallest absolute Gasteiger partial charge is 0.317 e. The largest absolute Gasteiger partial charge is 0.380 e. The Kier molecular flexibility index (Phi) is 15.6. The number of anilines is 4. The first-order valence-corrected chi connectivity index (χ1v) is 23.6. The van der Waals surface area contributed by atoms with E-state index in [1.165, 1.54) is 11.8 Å². The van der Waals surface area contributed by atoms with E-state index in [-0.39, 0.29) is 30.3 Å². The van der Waals surface area contributed by atoms with Crippen LogP contribution in [-0.2, 0) is 20.9 Å². The number of nitrogens with zero attached hydrogens (tertiary/aromatic N) is 4. The van der Waals surface area contributed by atoms with Crippen molar-refractivity contribution in [3.63, 3.8) is 0 Å². The lowest BCUT2D eigenvalue weighted by Crippen LogP contribution is -2.52. The number of halogens is 1. The number of ether oxygens (including phenoxy) is 1. The molecule has 0 spiro atoms. The van der Waals surface area contributed by atoms with Crippen LogP contribution in [0.2, 0.25) is 5.02 Å². The Labute approximate surface area is 395 Å². The van der Waals surface area contributed by atoms with Crippen molar-refractivity contribution in [1.82, 2.24) is 35.7 Å². The minimum absolute atomic E-state index is 0.0383. The molecule has 3 aliphatic heterocycles. The Bertz CT molecular complexity index is 2510. The quantitative estimate of drug-likeness (QED) is 0.0405. The summed E-state index contributed by atoms with van der Waals surface area (Å²) in [6.45, 7) is 3.94. The lowest BCUT2D eigenvalue weighted by molar-refractivity contribution is -0.136. The molecule has 16 nitrogen and oxygen atoms in total. The Balaban J connectivity index is 0.662. The van der Waals surface area contributed by atoms with Gasteiger partial charge in [-0.2, -0.15) is 4.98 Å². The Morgan fingerprint density at radius 1 is 0.896 bits per heavy atom. The highest BCUT2D eigenvalue weighted by Gasteiger charge is 2.39. The molecule has 1 saturated carbocycles. The second-order valence-corrected chi connectivity index (χ2v) is 17.9. The number of nitrogens with one attached hydrogen (secondary N) is 5. The average Bonchev–Trinajstić information content (AvgIpc) is 3.66. The van der Waals surface area contributed by atoms with Crippen molar-refractivity contribution in [2.75, 3.05) is 43.5 Å². The number of carbonyl (C=O) groups is 5. The topological polar surface area (TPSA) is 213 Å². The van der Waals surface area contributed by atoms with Gasteiger partial charge in [0.1, 0.15) is 11.1 Å². The van der Waals surface area contributed by atoms with Crippen LogP contribution in [0.5, 0.6) is 0 Å². The molecule has 6 amide bonds. The van der Waals surface area contributed by atoms with Gasteiger partial charge in [-0.3, -0.25) is 24.5 Å². The molecule has 0 radical (unpaired) electrons. The summed E-state index contributed by atoms with van der Waals surface area (Å²) in [6, 6.07) is 20.7. The number of fused-ring (bicyclic) bond motifs is 1. The van der Waals surface area contributed by atoms with Crippen LogP contribution in [-0.4, -0.2) is 100 Å². The summed E-state index contributed by atoms with van der Waals surface area (Å²) in [6.07, 6.45) is 10.5. The standard InChI is InChI=1S/C50H57ClN10O6/c51-41-30-54-49(59-46(41)57-42-9-2-1-8-40(42)45(52)63)55-37-13-11-33(12-14-37)34-22-25-60(26-23-34)50(66)56-38-17-15-36(16-18-38)53-24-4-6-28-67-27-5-3-7-32-10-19-39-35(29-32)31-61(48(39)65)43-20-21-44(62)58-47(43)64/h1-2,8-14,19,29-30,34,36,38,43,53H,4-6,15-18,20-28,31H2,(H2,52,63)(H,56,66)(H,58,62,64)(H2,54,55,57,59). The molecule has 67 heavy (non-hydrogen) atoms. The van der Waals surface area contributed by atoms with E-state index in [9.17, 15) is 24.0 Å². The third kappa shape index (κ3) is 12.3. The third-order valence-electron chi connectivity index (χ3n) is 12.9. The summed E-state index contributed by atoms with van der Waals surface area (Å²) in [5, 5.41) is 16.0. The number of hydrogen-bond donors (Lipinski definition) is 6. The van der Waals surface area contributed by atoms with Crippen molar-refractivity contribution in [2.45, 2.75) is 101 Å². The fourth-order valence-electron chi connectivity index (χ4n) is 9.22. The number of benzene rings is 3. The molecule has 7 N–H and O–H groups in total. The number of piperidine rings is 2. The van der Waals surface area contributed by atoms with Crippen molar-refractivity contribution in [1.29, 1.82) is 0 Å². The van der Waals surface area contributed by atoms with E-state index in [2.05, 4.69) is 60.5 Å². The number of nitrogens with two attached hydrogens (primary N) is 1. The van der Waals surface area contributed by atoms with Crippen LogP contribution < -0.4 is 32.3 Å². The zero-order chi connectivity index (χ0) is 46.7. The summed E-state index contributed by atoms with van der Waals surface area (Å²) < 4.78 is 5.82. The lowest BCUT2D eigenvalue weighted by Gasteiger charge is -2.35. The molecule has 4 aromatic rings. The van der Waals surface area contributed by atoms with Gasteiger partial charge in [0.05, 0.1) is 24.1 Å². The minimum atomic E-state index is -0.627. The molecule has 0 bridgehead atoms. The number of unbranched alkanes of at least 4 members (excludes halogenated alkanes) is 1. The predicted molar refractivity (Wildman–Crippen MR) is 255 cm³/mol. The molecule has 4 aliphatic rings. The summed E-state index contributed by atoms with van der Waals surface area (Å²) in [7, 11) is 0. The van der Waals surface area contributed by atoms with E-state index in [1.807, 2.05) is 29.2 Å². The number of hydrogen-bond acceptors (Lipinski definition) is 11. The fourth-order valence-corrected chi connectivity index (χ4v) is 9.36. The van der Waals surface area contributed by atoms with Gasteiger partial charge in [0.15, 0.2) is 5.82 Å². The van der Waals surface area contributed by atoms with E-state index in [0.29, 0.717) is 91.3 Å². The van der Waals surface area contributed by atoms with Crippen LogP contribution in [0.3, 0.4) is 0 Å². The monoisotopic (exact) mass is 928 g/mol. The van der Waals surface area contributed by atoms with Crippen LogP contribution in [0.1, 0.15) is 114 Å². The van der Waals surface area contributed by atoms with Gasteiger partial charge in [-0.15, -0.1) is 0 Å². The molecule has 3 fully saturated rings. The maximum absolute atomic E-state index is 13.2. The first-order valence-electron chi connectivity index (χ1n) is 23.3. The first kappa shape index (κ1) is 47.0. The van der Waals surface area contributed by atoms with Crippen LogP contribution in [0.25, 0.3) is 0 Å². The highest BCUT2D eigenvalue weighted by molar-refractivity contribution is 6.33. The van der Waals surface area contributed by atoms with Gasteiger partial charge in [-0.25, -0.2) is 9.78 Å². The number of likely N-dealkylation sites (tertiary alicyclic amines) is 1. The molecular weight excluding hydrogens is 872 g/mol. The lowest BCUT2D eigenvalue weighted by atomic mass is 9.89. The molecule has 350 valence electrons. The molecule has 8 rings (SSSR count). The normalized spacial score (nSPS) is 19.5. The number of carbonyl (C=O) groups excluding carboxylic acids is 5. The Hall–Kier alpha value is -6.54. The maximum Gasteiger partial charge on any atom is 0.317 e. The molecule has 2 saturated heterocycles.